The number of hydrogen-bond donors (Lipinski definition) is 1. The molecule has 20 heavy (non-hydrogen) atoms. The van der Waals surface area contributed by atoms with Crippen molar-refractivity contribution in [2.45, 2.75) is 13.0 Å². The van der Waals surface area contributed by atoms with Crippen LogP contribution in [0.3, 0.4) is 0 Å². The predicted octanol–water partition coefficient (Wildman–Crippen LogP) is 6.28. The lowest BCUT2D eigenvalue weighted by Crippen LogP contribution is -2.23. The summed E-state index contributed by atoms with van der Waals surface area (Å²) in [7, 11) is 0. The molecule has 1 atom stereocenters. The molecule has 0 aromatic heterocycles. The van der Waals surface area contributed by atoms with Gasteiger partial charge < -0.3 is 5.32 Å². The first-order chi connectivity index (χ1) is 9.52. The van der Waals surface area contributed by atoms with E-state index in [0.717, 1.165) is 20.0 Å². The van der Waals surface area contributed by atoms with Gasteiger partial charge in [-0.25, -0.2) is 0 Å². The second-order valence-electron chi connectivity index (χ2n) is 4.32. The van der Waals surface area contributed by atoms with E-state index < -0.39 is 0 Å². The standard InChI is InChI=1S/C15H13Br3IN/c1-2-20-15(11-7-9(16)3-5-13(11)18)12-8-10(17)4-6-14(12)19/h3-8,15,20H,2H2,1H3. The van der Waals surface area contributed by atoms with Crippen LogP contribution in [0.4, 0.5) is 0 Å². The lowest BCUT2D eigenvalue weighted by Gasteiger charge is -2.22. The van der Waals surface area contributed by atoms with Crippen LogP contribution in [0.25, 0.3) is 0 Å². The molecule has 0 bridgehead atoms. The van der Waals surface area contributed by atoms with Crippen molar-refractivity contribution >= 4 is 70.4 Å². The summed E-state index contributed by atoms with van der Waals surface area (Å²) < 4.78 is 4.55. The van der Waals surface area contributed by atoms with Crippen LogP contribution in [0.2, 0.25) is 0 Å². The second kappa shape index (κ2) is 7.72. The lowest BCUT2D eigenvalue weighted by molar-refractivity contribution is 0.625. The zero-order chi connectivity index (χ0) is 14.7. The summed E-state index contributed by atoms with van der Waals surface area (Å²) in [6, 6.07) is 12.8. The van der Waals surface area contributed by atoms with E-state index >= 15 is 0 Å². The molecule has 0 radical (unpaired) electrons. The minimum absolute atomic E-state index is 0.163. The Labute approximate surface area is 158 Å². The second-order valence-corrected chi connectivity index (χ2v) is 8.17. The molecule has 2 aromatic rings. The molecule has 0 heterocycles. The molecule has 2 aromatic carbocycles. The largest absolute Gasteiger partial charge is 0.306 e. The molecule has 1 nitrogen and oxygen atoms in total. The normalized spacial score (nSPS) is 12.4. The van der Waals surface area contributed by atoms with Crippen molar-refractivity contribution in [1.29, 1.82) is 0 Å². The molecule has 1 N–H and O–H groups in total. The topological polar surface area (TPSA) is 12.0 Å². The van der Waals surface area contributed by atoms with Gasteiger partial charge in [-0.15, -0.1) is 0 Å². The molecule has 0 aliphatic heterocycles. The Balaban J connectivity index is 2.55. The Morgan fingerprint density at radius 2 is 1.60 bits per heavy atom. The highest BCUT2D eigenvalue weighted by atomic mass is 127. The van der Waals surface area contributed by atoms with Crippen LogP contribution in [-0.4, -0.2) is 6.54 Å². The number of hydrogen-bond acceptors (Lipinski definition) is 1. The van der Waals surface area contributed by atoms with Crippen LogP contribution in [0.15, 0.2) is 49.8 Å². The Hall–Kier alpha value is 0.570. The summed E-state index contributed by atoms with van der Waals surface area (Å²) in [5.41, 5.74) is 2.51. The maximum absolute atomic E-state index is 3.67. The van der Waals surface area contributed by atoms with Gasteiger partial charge in [0.25, 0.3) is 0 Å². The zero-order valence-corrected chi connectivity index (χ0v) is 17.7. The van der Waals surface area contributed by atoms with Crippen molar-refractivity contribution in [2.75, 3.05) is 6.54 Å². The molecule has 0 saturated heterocycles. The van der Waals surface area contributed by atoms with Gasteiger partial charge in [0.15, 0.2) is 0 Å². The highest BCUT2D eigenvalue weighted by molar-refractivity contribution is 14.1. The number of rotatable bonds is 4. The van der Waals surface area contributed by atoms with E-state index in [1.165, 1.54) is 14.7 Å². The summed E-state index contributed by atoms with van der Waals surface area (Å²) >= 11 is 13.2. The molecule has 2 rings (SSSR count). The smallest absolute Gasteiger partial charge is 0.0599 e. The number of halogens is 4. The molecule has 1 unspecified atom stereocenters. The minimum atomic E-state index is 0.163. The number of nitrogens with one attached hydrogen (secondary N) is 1. The fourth-order valence-electron chi connectivity index (χ4n) is 2.06. The summed E-state index contributed by atoms with van der Waals surface area (Å²) in [6.07, 6.45) is 0. The van der Waals surface area contributed by atoms with Gasteiger partial charge >= 0.3 is 0 Å². The third kappa shape index (κ3) is 4.06. The van der Waals surface area contributed by atoms with Crippen molar-refractivity contribution < 1.29 is 0 Å². The molecule has 106 valence electrons. The van der Waals surface area contributed by atoms with E-state index in [1.807, 2.05) is 6.07 Å². The van der Waals surface area contributed by atoms with Gasteiger partial charge in [0, 0.05) is 17.0 Å². The summed E-state index contributed by atoms with van der Waals surface area (Å²) in [5, 5.41) is 3.57. The maximum Gasteiger partial charge on any atom is 0.0599 e. The molecule has 5 heteroatoms. The quantitative estimate of drug-likeness (QED) is 0.425. The lowest BCUT2D eigenvalue weighted by atomic mass is 9.99. The third-order valence-electron chi connectivity index (χ3n) is 2.95. The minimum Gasteiger partial charge on any atom is -0.306 e. The Kier molecular flexibility index (Phi) is 6.53. The van der Waals surface area contributed by atoms with Crippen molar-refractivity contribution in [3.05, 3.63) is 64.5 Å². The fourth-order valence-corrected chi connectivity index (χ4v) is 3.94. The van der Waals surface area contributed by atoms with Crippen molar-refractivity contribution in [3.8, 4) is 0 Å². The average molecular weight is 574 g/mol. The molecular formula is C15H13Br3IN. The van der Waals surface area contributed by atoms with Crippen LogP contribution >= 0.6 is 70.4 Å². The molecular weight excluding hydrogens is 561 g/mol. The first kappa shape index (κ1) is 16.9. The average Bonchev–Trinajstić information content (AvgIpc) is 2.42. The van der Waals surface area contributed by atoms with E-state index in [1.54, 1.807) is 0 Å². The zero-order valence-electron chi connectivity index (χ0n) is 10.8. The summed E-state index contributed by atoms with van der Waals surface area (Å²) in [4.78, 5) is 0. The summed E-state index contributed by atoms with van der Waals surface area (Å²) in [6.45, 7) is 3.04. The predicted molar refractivity (Wildman–Crippen MR) is 104 cm³/mol. The molecule has 0 fully saturated rings. The molecule has 0 aliphatic rings. The summed E-state index contributed by atoms with van der Waals surface area (Å²) in [5.74, 6) is 0. The highest BCUT2D eigenvalue weighted by Crippen LogP contribution is 2.34. The van der Waals surface area contributed by atoms with Gasteiger partial charge in [0.2, 0.25) is 0 Å². The van der Waals surface area contributed by atoms with E-state index in [0.29, 0.717) is 0 Å². The van der Waals surface area contributed by atoms with E-state index in [9.17, 15) is 0 Å². The molecule has 0 amide bonds. The Bertz CT molecular complexity index is 565. The maximum atomic E-state index is 3.67. The van der Waals surface area contributed by atoms with Crippen LogP contribution in [0.5, 0.6) is 0 Å². The van der Waals surface area contributed by atoms with Gasteiger partial charge in [-0.2, -0.15) is 0 Å². The van der Waals surface area contributed by atoms with Gasteiger partial charge in [-0.3, -0.25) is 0 Å². The Morgan fingerprint density at radius 1 is 1.00 bits per heavy atom. The van der Waals surface area contributed by atoms with Crippen molar-refractivity contribution in [3.63, 3.8) is 0 Å². The fraction of sp³-hybridized carbons (Fsp3) is 0.200. The third-order valence-corrected chi connectivity index (χ3v) is 5.64. The first-order valence-electron chi connectivity index (χ1n) is 6.16. The van der Waals surface area contributed by atoms with Crippen molar-refractivity contribution in [1.82, 2.24) is 5.32 Å². The van der Waals surface area contributed by atoms with Crippen molar-refractivity contribution in [2.24, 2.45) is 0 Å². The van der Waals surface area contributed by atoms with Crippen LogP contribution in [0.1, 0.15) is 24.1 Å². The number of benzene rings is 2. The van der Waals surface area contributed by atoms with Gasteiger partial charge in [-0.1, -0.05) is 54.7 Å². The molecule has 0 spiro atoms. The van der Waals surface area contributed by atoms with Crippen LogP contribution in [-0.2, 0) is 0 Å². The van der Waals surface area contributed by atoms with E-state index in [4.69, 9.17) is 0 Å². The van der Waals surface area contributed by atoms with Gasteiger partial charge in [-0.05, 0) is 76.7 Å². The Morgan fingerprint density at radius 3 is 2.25 bits per heavy atom. The monoisotopic (exact) mass is 571 g/mol. The molecule has 0 saturated carbocycles. The highest BCUT2D eigenvalue weighted by Gasteiger charge is 2.19. The van der Waals surface area contributed by atoms with Crippen LogP contribution in [0, 0.1) is 3.57 Å². The van der Waals surface area contributed by atoms with Crippen LogP contribution < -0.4 is 5.32 Å². The van der Waals surface area contributed by atoms with Gasteiger partial charge in [0.05, 0.1) is 6.04 Å². The van der Waals surface area contributed by atoms with Gasteiger partial charge in [0.1, 0.15) is 0 Å². The SMILES string of the molecule is CCNC(c1cc(Br)ccc1Br)c1cc(Br)ccc1I. The van der Waals surface area contributed by atoms with E-state index in [2.05, 4.69) is 113 Å². The van der Waals surface area contributed by atoms with E-state index in [-0.39, 0.29) is 6.04 Å². The first-order valence-corrected chi connectivity index (χ1v) is 9.62. The molecule has 0 aliphatic carbocycles.